The number of carbonyl (C=O) groups excluding carboxylic acids is 1. The molecule has 1 aliphatic carbocycles. The predicted octanol–water partition coefficient (Wildman–Crippen LogP) is 2.96. The van der Waals surface area contributed by atoms with Crippen LogP contribution in [0.5, 0.6) is 0 Å². The Morgan fingerprint density at radius 1 is 1.24 bits per heavy atom. The fourth-order valence-electron chi connectivity index (χ4n) is 3.02. The molecule has 1 heterocycles. The maximum Gasteiger partial charge on any atom is 0.329 e. The molecule has 2 aromatic rings. The summed E-state index contributed by atoms with van der Waals surface area (Å²) in [6.45, 7) is 0. The van der Waals surface area contributed by atoms with E-state index in [-0.39, 0.29) is 12.3 Å². The van der Waals surface area contributed by atoms with Crippen LogP contribution in [-0.4, -0.2) is 22.5 Å². The Morgan fingerprint density at radius 3 is 2.67 bits per heavy atom. The highest BCUT2D eigenvalue weighted by atomic mass is 32.1. The van der Waals surface area contributed by atoms with Crippen LogP contribution >= 0.6 is 11.3 Å². The molecule has 0 atom stereocenters. The quantitative estimate of drug-likeness (QED) is 0.912. The maximum absolute atomic E-state index is 12.2. The SMILES string of the molecule is O=C(Cc1csc2ccccc12)NC1(C(=O)O)CCCC1. The number of rotatable bonds is 4. The molecule has 4 nitrogen and oxygen atoms in total. The molecule has 0 saturated heterocycles. The third-order valence-electron chi connectivity index (χ3n) is 4.16. The van der Waals surface area contributed by atoms with Crippen molar-refractivity contribution < 1.29 is 14.7 Å². The van der Waals surface area contributed by atoms with Crippen molar-refractivity contribution in [3.63, 3.8) is 0 Å². The van der Waals surface area contributed by atoms with Crippen molar-refractivity contribution in [2.45, 2.75) is 37.6 Å². The summed E-state index contributed by atoms with van der Waals surface area (Å²) in [6, 6.07) is 7.95. The molecule has 1 fully saturated rings. The zero-order valence-electron chi connectivity index (χ0n) is 11.6. The molecule has 1 aromatic heterocycles. The first-order chi connectivity index (χ1) is 10.1. The summed E-state index contributed by atoms with van der Waals surface area (Å²) in [7, 11) is 0. The topological polar surface area (TPSA) is 66.4 Å². The second-order valence-corrected chi connectivity index (χ2v) is 6.49. The number of fused-ring (bicyclic) bond motifs is 1. The lowest BCUT2D eigenvalue weighted by Crippen LogP contribution is -2.52. The Labute approximate surface area is 126 Å². The molecule has 110 valence electrons. The van der Waals surface area contributed by atoms with Crippen LogP contribution in [0.15, 0.2) is 29.6 Å². The second kappa shape index (κ2) is 5.48. The standard InChI is InChI=1S/C16H17NO3S/c18-14(17-16(15(19)20)7-3-4-8-16)9-11-10-21-13-6-2-1-5-12(11)13/h1-2,5-6,10H,3-4,7-9H2,(H,17,18)(H,19,20). The van der Waals surface area contributed by atoms with E-state index in [1.54, 1.807) is 11.3 Å². The van der Waals surface area contributed by atoms with E-state index < -0.39 is 11.5 Å². The Bertz CT molecular complexity index is 686. The Kier molecular flexibility index (Phi) is 3.68. The lowest BCUT2D eigenvalue weighted by Gasteiger charge is -2.25. The first-order valence-electron chi connectivity index (χ1n) is 7.10. The summed E-state index contributed by atoms with van der Waals surface area (Å²) in [6.07, 6.45) is 3.00. The van der Waals surface area contributed by atoms with Gasteiger partial charge in [-0.05, 0) is 35.2 Å². The van der Waals surface area contributed by atoms with Gasteiger partial charge in [-0.3, -0.25) is 4.79 Å². The van der Waals surface area contributed by atoms with Gasteiger partial charge in [0.2, 0.25) is 5.91 Å². The zero-order valence-corrected chi connectivity index (χ0v) is 12.4. The van der Waals surface area contributed by atoms with E-state index >= 15 is 0 Å². The summed E-state index contributed by atoms with van der Waals surface area (Å²) < 4.78 is 1.15. The number of thiophene rings is 1. The Balaban J connectivity index is 1.76. The van der Waals surface area contributed by atoms with Crippen molar-refractivity contribution in [1.82, 2.24) is 5.32 Å². The van der Waals surface area contributed by atoms with Gasteiger partial charge in [0.1, 0.15) is 5.54 Å². The molecule has 5 heteroatoms. The molecule has 0 bridgehead atoms. The summed E-state index contributed by atoms with van der Waals surface area (Å²) in [5, 5.41) is 15.2. The number of amides is 1. The van der Waals surface area contributed by atoms with Crippen molar-refractivity contribution in [3.8, 4) is 0 Å². The lowest BCUT2D eigenvalue weighted by molar-refractivity contribution is -0.147. The molecule has 0 unspecified atom stereocenters. The van der Waals surface area contributed by atoms with Gasteiger partial charge in [0, 0.05) is 4.70 Å². The fraction of sp³-hybridized carbons (Fsp3) is 0.375. The molecule has 0 spiro atoms. The minimum atomic E-state index is -1.05. The maximum atomic E-state index is 12.2. The van der Waals surface area contributed by atoms with Gasteiger partial charge in [-0.15, -0.1) is 11.3 Å². The highest BCUT2D eigenvalue weighted by Gasteiger charge is 2.42. The van der Waals surface area contributed by atoms with Gasteiger partial charge in [-0.2, -0.15) is 0 Å². The number of hydrogen-bond donors (Lipinski definition) is 2. The fourth-order valence-corrected chi connectivity index (χ4v) is 3.99. The van der Waals surface area contributed by atoms with Gasteiger partial charge >= 0.3 is 5.97 Å². The van der Waals surface area contributed by atoms with E-state index in [0.717, 1.165) is 28.5 Å². The van der Waals surface area contributed by atoms with E-state index in [2.05, 4.69) is 5.32 Å². The molecule has 0 radical (unpaired) electrons. The van der Waals surface area contributed by atoms with E-state index in [0.29, 0.717) is 12.8 Å². The van der Waals surface area contributed by atoms with Gasteiger partial charge in [-0.25, -0.2) is 4.79 Å². The predicted molar refractivity (Wildman–Crippen MR) is 82.5 cm³/mol. The van der Waals surface area contributed by atoms with Crippen molar-refractivity contribution in [3.05, 3.63) is 35.2 Å². The minimum Gasteiger partial charge on any atom is -0.480 e. The lowest BCUT2D eigenvalue weighted by atomic mass is 9.97. The van der Waals surface area contributed by atoms with E-state index in [1.807, 2.05) is 29.6 Å². The molecule has 2 N–H and O–H groups in total. The number of carbonyl (C=O) groups is 2. The van der Waals surface area contributed by atoms with E-state index in [4.69, 9.17) is 0 Å². The van der Waals surface area contributed by atoms with Gasteiger partial charge in [-0.1, -0.05) is 31.0 Å². The monoisotopic (exact) mass is 303 g/mol. The average molecular weight is 303 g/mol. The first kappa shape index (κ1) is 14.1. The highest BCUT2D eigenvalue weighted by Crippen LogP contribution is 2.30. The average Bonchev–Trinajstić information content (AvgIpc) is 3.08. The van der Waals surface area contributed by atoms with Crippen LogP contribution in [0.2, 0.25) is 0 Å². The van der Waals surface area contributed by atoms with Crippen molar-refractivity contribution in [1.29, 1.82) is 0 Å². The molecule has 1 amide bonds. The normalized spacial score (nSPS) is 17.0. The van der Waals surface area contributed by atoms with Gasteiger partial charge in [0.05, 0.1) is 6.42 Å². The highest BCUT2D eigenvalue weighted by molar-refractivity contribution is 7.17. The molecular formula is C16H17NO3S. The molecule has 3 rings (SSSR count). The minimum absolute atomic E-state index is 0.206. The molecule has 0 aliphatic heterocycles. The number of benzene rings is 1. The van der Waals surface area contributed by atoms with E-state index in [1.165, 1.54) is 0 Å². The summed E-state index contributed by atoms with van der Waals surface area (Å²) in [4.78, 5) is 23.7. The molecule has 1 aromatic carbocycles. The van der Waals surface area contributed by atoms with Crippen LogP contribution in [0, 0.1) is 0 Å². The molecule has 1 aliphatic rings. The molecule has 21 heavy (non-hydrogen) atoms. The van der Waals surface area contributed by atoms with Gasteiger partial charge in [0.25, 0.3) is 0 Å². The zero-order chi connectivity index (χ0) is 14.9. The molecule has 1 saturated carbocycles. The van der Waals surface area contributed by atoms with Crippen LogP contribution in [0.25, 0.3) is 10.1 Å². The number of hydrogen-bond acceptors (Lipinski definition) is 3. The first-order valence-corrected chi connectivity index (χ1v) is 7.98. The van der Waals surface area contributed by atoms with E-state index in [9.17, 15) is 14.7 Å². The smallest absolute Gasteiger partial charge is 0.329 e. The van der Waals surface area contributed by atoms with Gasteiger partial charge < -0.3 is 10.4 Å². The second-order valence-electron chi connectivity index (χ2n) is 5.58. The number of carboxylic acids is 1. The van der Waals surface area contributed by atoms with Crippen molar-refractivity contribution >= 4 is 33.3 Å². The van der Waals surface area contributed by atoms with Crippen LogP contribution in [0.4, 0.5) is 0 Å². The van der Waals surface area contributed by atoms with Crippen LogP contribution in [0.1, 0.15) is 31.2 Å². The third kappa shape index (κ3) is 2.65. The summed E-state index contributed by atoms with van der Waals surface area (Å²) in [5.74, 6) is -1.12. The summed E-state index contributed by atoms with van der Waals surface area (Å²) >= 11 is 1.61. The number of aliphatic carboxylic acids is 1. The van der Waals surface area contributed by atoms with Gasteiger partial charge in [0.15, 0.2) is 0 Å². The third-order valence-corrected chi connectivity index (χ3v) is 5.17. The van der Waals surface area contributed by atoms with Crippen LogP contribution in [-0.2, 0) is 16.0 Å². The van der Waals surface area contributed by atoms with Crippen molar-refractivity contribution in [2.75, 3.05) is 0 Å². The van der Waals surface area contributed by atoms with Crippen LogP contribution in [0.3, 0.4) is 0 Å². The Hall–Kier alpha value is -1.88. The largest absolute Gasteiger partial charge is 0.480 e. The number of nitrogens with one attached hydrogen (secondary N) is 1. The molecular weight excluding hydrogens is 286 g/mol. The van der Waals surface area contributed by atoms with Crippen molar-refractivity contribution in [2.24, 2.45) is 0 Å². The summed E-state index contributed by atoms with van der Waals surface area (Å²) in [5.41, 5.74) is -0.0882. The Morgan fingerprint density at radius 2 is 1.95 bits per heavy atom. The van der Waals surface area contributed by atoms with Crippen LogP contribution < -0.4 is 5.32 Å². The number of carboxylic acid groups (broad SMARTS) is 1.